The van der Waals surface area contributed by atoms with E-state index in [9.17, 15) is 14.4 Å². The zero-order valence-electron chi connectivity index (χ0n) is 15.5. The molecule has 0 aliphatic carbocycles. The van der Waals surface area contributed by atoms with Gasteiger partial charge in [0.1, 0.15) is 0 Å². The summed E-state index contributed by atoms with van der Waals surface area (Å²) in [6, 6.07) is 12.4. The van der Waals surface area contributed by atoms with Crippen molar-refractivity contribution in [3.8, 4) is 11.5 Å². The first kappa shape index (κ1) is 19.1. The van der Waals surface area contributed by atoms with Gasteiger partial charge in [-0.25, -0.2) is 0 Å². The Kier molecular flexibility index (Phi) is 5.30. The Morgan fingerprint density at radius 2 is 2.03 bits per heavy atom. The number of ether oxygens (including phenoxy) is 3. The molecule has 4 rings (SSSR count). The lowest BCUT2D eigenvalue weighted by atomic mass is 10.2. The van der Waals surface area contributed by atoms with Crippen molar-refractivity contribution < 1.29 is 28.6 Å². The van der Waals surface area contributed by atoms with Crippen LogP contribution in [0.5, 0.6) is 11.5 Å². The summed E-state index contributed by atoms with van der Waals surface area (Å²) in [4.78, 5) is 37.7. The van der Waals surface area contributed by atoms with Crippen molar-refractivity contribution in [3.05, 3.63) is 42.5 Å². The van der Waals surface area contributed by atoms with Gasteiger partial charge in [0, 0.05) is 16.6 Å². The molecular formula is C20H18N2O6S. The minimum absolute atomic E-state index is 0.132. The third-order valence-corrected chi connectivity index (χ3v) is 5.65. The SMILES string of the molecule is C[C@@H](OC(=O)C[C@@H]1Sc2ccccc2NC1=O)C(=O)Nc1ccc2c(c1)OCO2. The van der Waals surface area contributed by atoms with E-state index in [2.05, 4.69) is 10.6 Å². The fourth-order valence-electron chi connectivity index (χ4n) is 2.90. The normalized spacial score (nSPS) is 17.7. The number of fused-ring (bicyclic) bond motifs is 2. The van der Waals surface area contributed by atoms with Crippen LogP contribution in [-0.4, -0.2) is 35.9 Å². The van der Waals surface area contributed by atoms with Crippen LogP contribution in [0.4, 0.5) is 11.4 Å². The molecule has 2 aliphatic rings. The Morgan fingerprint density at radius 1 is 1.24 bits per heavy atom. The van der Waals surface area contributed by atoms with Crippen LogP contribution >= 0.6 is 11.8 Å². The summed E-state index contributed by atoms with van der Waals surface area (Å²) < 4.78 is 15.7. The van der Waals surface area contributed by atoms with Gasteiger partial charge in [0.25, 0.3) is 5.91 Å². The van der Waals surface area contributed by atoms with Crippen molar-refractivity contribution in [2.45, 2.75) is 29.6 Å². The summed E-state index contributed by atoms with van der Waals surface area (Å²) in [6.45, 7) is 1.61. The summed E-state index contributed by atoms with van der Waals surface area (Å²) in [6.07, 6.45) is -1.15. The molecule has 0 fully saturated rings. The third-order valence-electron chi connectivity index (χ3n) is 4.38. The molecule has 2 aliphatic heterocycles. The Balaban J connectivity index is 1.31. The first-order chi connectivity index (χ1) is 14.0. The minimum atomic E-state index is -1.02. The average Bonchev–Trinajstić information content (AvgIpc) is 3.16. The molecule has 0 bridgehead atoms. The molecule has 2 aromatic carbocycles. The van der Waals surface area contributed by atoms with Crippen LogP contribution < -0.4 is 20.1 Å². The molecule has 0 spiro atoms. The minimum Gasteiger partial charge on any atom is -0.454 e. The van der Waals surface area contributed by atoms with Gasteiger partial charge in [0.2, 0.25) is 12.7 Å². The number of esters is 1. The lowest BCUT2D eigenvalue weighted by Crippen LogP contribution is -2.34. The quantitative estimate of drug-likeness (QED) is 0.725. The first-order valence-corrected chi connectivity index (χ1v) is 9.84. The average molecular weight is 414 g/mol. The zero-order chi connectivity index (χ0) is 20.4. The molecule has 8 nitrogen and oxygen atoms in total. The molecule has 9 heteroatoms. The summed E-state index contributed by atoms with van der Waals surface area (Å²) in [5.74, 6) is -0.225. The largest absolute Gasteiger partial charge is 0.454 e. The van der Waals surface area contributed by atoms with E-state index in [0.717, 1.165) is 10.6 Å². The highest BCUT2D eigenvalue weighted by atomic mass is 32.2. The van der Waals surface area contributed by atoms with Gasteiger partial charge in [-0.3, -0.25) is 14.4 Å². The summed E-state index contributed by atoms with van der Waals surface area (Å²) in [7, 11) is 0. The van der Waals surface area contributed by atoms with Crippen LogP contribution in [0.25, 0.3) is 0 Å². The third kappa shape index (κ3) is 4.29. The first-order valence-electron chi connectivity index (χ1n) is 8.96. The van der Waals surface area contributed by atoms with Gasteiger partial charge in [-0.1, -0.05) is 12.1 Å². The predicted octanol–water partition coefficient (Wildman–Crippen LogP) is 2.79. The highest BCUT2D eigenvalue weighted by molar-refractivity contribution is 8.01. The number of hydrogen-bond donors (Lipinski definition) is 2. The Labute approximate surface area is 170 Å². The number of para-hydroxylation sites is 1. The number of benzene rings is 2. The number of nitrogens with one attached hydrogen (secondary N) is 2. The standard InChI is InChI=1S/C20H18N2O6S/c1-11(19(24)21-12-6-7-14-15(8-12)27-10-26-14)28-18(23)9-17-20(25)22-13-4-2-3-5-16(13)29-17/h2-8,11,17H,9-10H2,1H3,(H,21,24)(H,22,25)/t11-,17+/m1/s1. The Morgan fingerprint density at radius 3 is 2.90 bits per heavy atom. The molecule has 0 radical (unpaired) electrons. The molecule has 0 saturated carbocycles. The van der Waals surface area contributed by atoms with Crippen LogP contribution in [0.2, 0.25) is 0 Å². The second kappa shape index (κ2) is 8.04. The lowest BCUT2D eigenvalue weighted by molar-refractivity contribution is -0.153. The van der Waals surface area contributed by atoms with Crippen molar-refractivity contribution in [1.29, 1.82) is 0 Å². The van der Waals surface area contributed by atoms with Gasteiger partial charge in [-0.05, 0) is 31.2 Å². The van der Waals surface area contributed by atoms with E-state index in [1.807, 2.05) is 18.2 Å². The van der Waals surface area contributed by atoms with Crippen LogP contribution in [0.3, 0.4) is 0 Å². The van der Waals surface area contributed by atoms with Crippen LogP contribution in [0.15, 0.2) is 47.4 Å². The summed E-state index contributed by atoms with van der Waals surface area (Å²) >= 11 is 1.30. The van der Waals surface area contributed by atoms with Crippen molar-refractivity contribution in [3.63, 3.8) is 0 Å². The van der Waals surface area contributed by atoms with E-state index >= 15 is 0 Å². The molecule has 29 heavy (non-hydrogen) atoms. The predicted molar refractivity (Wildman–Crippen MR) is 106 cm³/mol. The van der Waals surface area contributed by atoms with Crippen molar-refractivity contribution >= 4 is 40.9 Å². The molecule has 2 heterocycles. The number of thioether (sulfide) groups is 1. The topological polar surface area (TPSA) is 103 Å². The molecule has 2 atom stereocenters. The van der Waals surface area contributed by atoms with Crippen molar-refractivity contribution in [2.75, 3.05) is 17.4 Å². The van der Waals surface area contributed by atoms with Crippen molar-refractivity contribution in [1.82, 2.24) is 0 Å². The number of rotatable bonds is 5. The monoisotopic (exact) mass is 414 g/mol. The van der Waals surface area contributed by atoms with Gasteiger partial charge < -0.3 is 24.8 Å². The van der Waals surface area contributed by atoms with Crippen LogP contribution in [-0.2, 0) is 19.1 Å². The van der Waals surface area contributed by atoms with E-state index in [1.165, 1.54) is 18.7 Å². The second-order valence-corrected chi connectivity index (χ2v) is 7.73. The molecule has 150 valence electrons. The van der Waals surface area contributed by atoms with Gasteiger partial charge in [0.15, 0.2) is 17.6 Å². The van der Waals surface area contributed by atoms with Crippen LogP contribution in [0, 0.1) is 0 Å². The smallest absolute Gasteiger partial charge is 0.308 e. The van der Waals surface area contributed by atoms with E-state index in [4.69, 9.17) is 14.2 Å². The van der Waals surface area contributed by atoms with E-state index in [-0.39, 0.29) is 19.1 Å². The lowest BCUT2D eigenvalue weighted by Gasteiger charge is -2.23. The van der Waals surface area contributed by atoms with Crippen LogP contribution in [0.1, 0.15) is 13.3 Å². The maximum absolute atomic E-state index is 12.3. The molecule has 2 amide bonds. The molecule has 0 unspecified atom stereocenters. The maximum Gasteiger partial charge on any atom is 0.308 e. The summed E-state index contributed by atoms with van der Waals surface area (Å²) in [5.41, 5.74) is 1.23. The maximum atomic E-state index is 12.3. The Bertz CT molecular complexity index is 979. The highest BCUT2D eigenvalue weighted by Crippen LogP contribution is 2.37. The molecule has 2 N–H and O–H groups in total. The summed E-state index contributed by atoms with van der Waals surface area (Å²) in [5, 5.41) is 4.83. The Hall–Kier alpha value is -3.20. The van der Waals surface area contributed by atoms with Gasteiger partial charge >= 0.3 is 5.97 Å². The van der Waals surface area contributed by atoms with E-state index < -0.39 is 23.2 Å². The number of amides is 2. The molecular weight excluding hydrogens is 396 g/mol. The van der Waals surface area contributed by atoms with Gasteiger partial charge in [-0.15, -0.1) is 11.8 Å². The zero-order valence-corrected chi connectivity index (χ0v) is 16.3. The van der Waals surface area contributed by atoms with Crippen molar-refractivity contribution in [2.24, 2.45) is 0 Å². The fourth-order valence-corrected chi connectivity index (χ4v) is 3.99. The molecule has 0 saturated heterocycles. The molecule has 0 aromatic heterocycles. The van der Waals surface area contributed by atoms with E-state index in [0.29, 0.717) is 17.2 Å². The highest BCUT2D eigenvalue weighted by Gasteiger charge is 2.30. The number of carbonyl (C=O) groups excluding carboxylic acids is 3. The fraction of sp³-hybridized carbons (Fsp3) is 0.250. The van der Waals surface area contributed by atoms with E-state index in [1.54, 1.807) is 24.3 Å². The van der Waals surface area contributed by atoms with Gasteiger partial charge in [-0.2, -0.15) is 0 Å². The number of carbonyl (C=O) groups is 3. The second-order valence-electron chi connectivity index (χ2n) is 6.49. The molecule has 2 aromatic rings. The number of anilines is 2. The number of hydrogen-bond acceptors (Lipinski definition) is 7. The van der Waals surface area contributed by atoms with Gasteiger partial charge in [0.05, 0.1) is 17.4 Å².